The van der Waals surface area contributed by atoms with Gasteiger partial charge in [-0.1, -0.05) is 0 Å². The zero-order valence-corrected chi connectivity index (χ0v) is 12.2. The fourth-order valence-corrected chi connectivity index (χ4v) is 1.93. The van der Waals surface area contributed by atoms with Gasteiger partial charge in [-0.3, -0.25) is 14.8 Å². The Hall–Kier alpha value is -2.76. The fraction of sp³-hybridized carbons (Fsp3) is 0.250. The molecule has 0 saturated heterocycles. The molecule has 0 aliphatic rings. The monoisotopic (exact) mass is 299 g/mol. The predicted molar refractivity (Wildman–Crippen MR) is 80.1 cm³/mol. The number of hydrogen-bond donors (Lipinski definition) is 1. The van der Waals surface area contributed by atoms with Gasteiger partial charge >= 0.3 is 5.97 Å². The van der Waals surface area contributed by atoms with Gasteiger partial charge in [-0.25, -0.2) is 4.79 Å². The maximum atomic E-state index is 12.2. The molecule has 0 bridgehead atoms. The van der Waals surface area contributed by atoms with E-state index < -0.39 is 12.0 Å². The van der Waals surface area contributed by atoms with Crippen LogP contribution in [0.4, 0.5) is 0 Å². The van der Waals surface area contributed by atoms with Crippen molar-refractivity contribution in [1.82, 2.24) is 15.3 Å². The number of esters is 1. The van der Waals surface area contributed by atoms with Crippen molar-refractivity contribution in [2.45, 2.75) is 19.4 Å². The minimum Gasteiger partial charge on any atom is -0.464 e. The standard InChI is InChI=1S/C16H17N3O3/c1-2-22-16(21)14(10-12-5-8-17-9-6-12)19-15(20)13-4-3-7-18-11-13/h3-9,11,14H,2,10H2,1H3,(H,19,20)/t14-/m0/s1. The third-order valence-electron chi connectivity index (χ3n) is 2.99. The average molecular weight is 299 g/mol. The summed E-state index contributed by atoms with van der Waals surface area (Å²) >= 11 is 0. The van der Waals surface area contributed by atoms with Crippen molar-refractivity contribution < 1.29 is 14.3 Å². The van der Waals surface area contributed by atoms with E-state index >= 15 is 0 Å². The molecule has 114 valence electrons. The lowest BCUT2D eigenvalue weighted by Crippen LogP contribution is -2.43. The van der Waals surface area contributed by atoms with Crippen LogP contribution < -0.4 is 5.32 Å². The molecule has 0 saturated carbocycles. The van der Waals surface area contributed by atoms with Gasteiger partial charge in [0.25, 0.3) is 5.91 Å². The molecular formula is C16H17N3O3. The van der Waals surface area contributed by atoms with Crippen molar-refractivity contribution in [2.75, 3.05) is 6.61 Å². The van der Waals surface area contributed by atoms with Gasteiger partial charge in [0.2, 0.25) is 0 Å². The second-order valence-electron chi connectivity index (χ2n) is 4.58. The summed E-state index contributed by atoms with van der Waals surface area (Å²) in [5, 5.41) is 2.69. The Labute approximate surface area is 128 Å². The van der Waals surface area contributed by atoms with Crippen LogP contribution in [0.5, 0.6) is 0 Å². The van der Waals surface area contributed by atoms with Crippen LogP contribution in [-0.2, 0) is 16.0 Å². The van der Waals surface area contributed by atoms with E-state index in [-0.39, 0.29) is 12.5 Å². The summed E-state index contributed by atoms with van der Waals surface area (Å²) < 4.78 is 5.03. The highest BCUT2D eigenvalue weighted by molar-refractivity contribution is 5.96. The third kappa shape index (κ3) is 4.37. The molecule has 0 spiro atoms. The fourth-order valence-electron chi connectivity index (χ4n) is 1.93. The van der Waals surface area contributed by atoms with Gasteiger partial charge < -0.3 is 10.1 Å². The van der Waals surface area contributed by atoms with E-state index in [1.54, 1.807) is 49.8 Å². The Morgan fingerprint density at radius 3 is 2.59 bits per heavy atom. The molecule has 0 fully saturated rings. The van der Waals surface area contributed by atoms with Gasteiger partial charge in [-0.15, -0.1) is 0 Å². The van der Waals surface area contributed by atoms with Crippen LogP contribution >= 0.6 is 0 Å². The summed E-state index contributed by atoms with van der Waals surface area (Å²) in [5.41, 5.74) is 1.28. The molecule has 2 heterocycles. The van der Waals surface area contributed by atoms with Crippen LogP contribution in [0.2, 0.25) is 0 Å². The number of hydrogen-bond acceptors (Lipinski definition) is 5. The van der Waals surface area contributed by atoms with Gasteiger partial charge in [-0.05, 0) is 36.8 Å². The molecule has 1 atom stereocenters. The molecule has 0 unspecified atom stereocenters. The maximum Gasteiger partial charge on any atom is 0.328 e. The largest absolute Gasteiger partial charge is 0.464 e. The SMILES string of the molecule is CCOC(=O)[C@H](Cc1ccncc1)NC(=O)c1cccnc1. The highest BCUT2D eigenvalue weighted by Gasteiger charge is 2.23. The molecule has 22 heavy (non-hydrogen) atoms. The molecule has 1 amide bonds. The minimum atomic E-state index is -0.755. The van der Waals surface area contributed by atoms with Gasteiger partial charge in [0.1, 0.15) is 6.04 Å². The first-order chi connectivity index (χ1) is 10.7. The molecular weight excluding hydrogens is 282 g/mol. The summed E-state index contributed by atoms with van der Waals surface area (Å²) in [6, 6.07) is 6.13. The number of amides is 1. The zero-order valence-electron chi connectivity index (χ0n) is 12.2. The highest BCUT2D eigenvalue weighted by Crippen LogP contribution is 2.05. The number of aromatic nitrogens is 2. The van der Waals surface area contributed by atoms with Crippen molar-refractivity contribution in [1.29, 1.82) is 0 Å². The first kappa shape index (κ1) is 15.6. The third-order valence-corrected chi connectivity index (χ3v) is 2.99. The Balaban J connectivity index is 2.11. The van der Waals surface area contributed by atoms with E-state index in [1.807, 2.05) is 0 Å². The molecule has 0 aromatic carbocycles. The van der Waals surface area contributed by atoms with Crippen LogP contribution in [0.3, 0.4) is 0 Å². The van der Waals surface area contributed by atoms with E-state index in [1.165, 1.54) is 6.20 Å². The molecule has 0 radical (unpaired) electrons. The summed E-state index contributed by atoms with van der Waals surface area (Å²) in [6.07, 6.45) is 6.65. The van der Waals surface area contributed by atoms with E-state index in [9.17, 15) is 9.59 Å². The van der Waals surface area contributed by atoms with E-state index in [2.05, 4.69) is 15.3 Å². The molecule has 1 N–H and O–H groups in total. The molecule has 2 aromatic heterocycles. The van der Waals surface area contributed by atoms with E-state index in [4.69, 9.17) is 4.74 Å². The molecule has 0 aliphatic heterocycles. The topological polar surface area (TPSA) is 81.2 Å². The lowest BCUT2D eigenvalue weighted by Gasteiger charge is -2.17. The minimum absolute atomic E-state index is 0.258. The van der Waals surface area contributed by atoms with Gasteiger partial charge in [0, 0.05) is 31.2 Å². The van der Waals surface area contributed by atoms with Gasteiger partial charge in [0.15, 0.2) is 0 Å². The van der Waals surface area contributed by atoms with Crippen LogP contribution in [0, 0.1) is 0 Å². The summed E-state index contributed by atoms with van der Waals surface area (Å²) in [6.45, 7) is 1.98. The normalized spacial score (nSPS) is 11.5. The molecule has 6 heteroatoms. The average Bonchev–Trinajstić information content (AvgIpc) is 2.56. The molecule has 2 aromatic rings. The number of nitrogens with one attached hydrogen (secondary N) is 1. The van der Waals surface area contributed by atoms with Crippen molar-refractivity contribution in [3.05, 3.63) is 60.2 Å². The van der Waals surface area contributed by atoms with Crippen molar-refractivity contribution in [3.63, 3.8) is 0 Å². The van der Waals surface area contributed by atoms with Crippen LogP contribution in [0.25, 0.3) is 0 Å². The Bertz CT molecular complexity index is 617. The van der Waals surface area contributed by atoms with Crippen LogP contribution in [-0.4, -0.2) is 34.5 Å². The first-order valence-electron chi connectivity index (χ1n) is 6.97. The van der Waals surface area contributed by atoms with Crippen molar-refractivity contribution >= 4 is 11.9 Å². The van der Waals surface area contributed by atoms with Crippen molar-refractivity contribution in [2.24, 2.45) is 0 Å². The summed E-state index contributed by atoms with van der Waals surface area (Å²) in [4.78, 5) is 32.1. The van der Waals surface area contributed by atoms with E-state index in [0.29, 0.717) is 12.0 Å². The lowest BCUT2D eigenvalue weighted by molar-refractivity contribution is -0.145. The number of carbonyl (C=O) groups excluding carboxylic acids is 2. The summed E-state index contributed by atoms with van der Waals surface area (Å²) in [7, 11) is 0. The Morgan fingerprint density at radius 1 is 1.18 bits per heavy atom. The lowest BCUT2D eigenvalue weighted by atomic mass is 10.1. The van der Waals surface area contributed by atoms with Crippen LogP contribution in [0.1, 0.15) is 22.8 Å². The number of nitrogens with zero attached hydrogens (tertiary/aromatic N) is 2. The molecule has 0 aliphatic carbocycles. The van der Waals surface area contributed by atoms with E-state index in [0.717, 1.165) is 5.56 Å². The first-order valence-corrected chi connectivity index (χ1v) is 6.97. The zero-order chi connectivity index (χ0) is 15.8. The van der Waals surface area contributed by atoms with Gasteiger partial charge in [0.05, 0.1) is 12.2 Å². The van der Waals surface area contributed by atoms with Crippen molar-refractivity contribution in [3.8, 4) is 0 Å². The molecule has 2 rings (SSSR count). The smallest absolute Gasteiger partial charge is 0.328 e. The number of pyridine rings is 2. The van der Waals surface area contributed by atoms with Crippen LogP contribution in [0.15, 0.2) is 49.1 Å². The quantitative estimate of drug-likeness (QED) is 0.815. The predicted octanol–water partition coefficient (Wildman–Crippen LogP) is 1.38. The maximum absolute atomic E-state index is 12.2. The Morgan fingerprint density at radius 2 is 1.95 bits per heavy atom. The second-order valence-corrected chi connectivity index (χ2v) is 4.58. The summed E-state index contributed by atoms with van der Waals surface area (Å²) in [5.74, 6) is -0.822. The van der Waals surface area contributed by atoms with Gasteiger partial charge in [-0.2, -0.15) is 0 Å². The number of ether oxygens (including phenoxy) is 1. The number of carbonyl (C=O) groups is 2. The Kier molecular flexibility index (Phi) is 5.59. The number of rotatable bonds is 6. The highest BCUT2D eigenvalue weighted by atomic mass is 16.5. The second kappa shape index (κ2) is 7.87. The molecule has 6 nitrogen and oxygen atoms in total.